The van der Waals surface area contributed by atoms with Gasteiger partial charge in [-0.25, -0.2) is 14.4 Å². The zero-order chi connectivity index (χ0) is 19.4. The highest BCUT2D eigenvalue weighted by atomic mass is 79.9. The van der Waals surface area contributed by atoms with Crippen LogP contribution in [0.1, 0.15) is 6.92 Å². The van der Waals surface area contributed by atoms with Gasteiger partial charge in [0.1, 0.15) is 12.1 Å². The van der Waals surface area contributed by atoms with E-state index in [9.17, 15) is 14.5 Å². The number of hydrogen-bond acceptors (Lipinski definition) is 6. The number of aromatic nitrogens is 2. The molecule has 0 aliphatic carbocycles. The molecule has 0 amide bonds. The third-order valence-corrected chi connectivity index (χ3v) is 4.30. The molecule has 1 heterocycles. The van der Waals surface area contributed by atoms with Crippen LogP contribution in [0.15, 0.2) is 59.3 Å². The van der Waals surface area contributed by atoms with Gasteiger partial charge in [0.05, 0.1) is 10.6 Å². The van der Waals surface area contributed by atoms with E-state index in [1.165, 1.54) is 18.5 Å². The molecule has 7 nitrogen and oxygen atoms in total. The molecule has 0 atom stereocenters. The maximum atomic E-state index is 14.1. The van der Waals surface area contributed by atoms with Crippen molar-refractivity contribution in [3.63, 3.8) is 0 Å². The fourth-order valence-electron chi connectivity index (χ4n) is 2.61. The van der Waals surface area contributed by atoms with Crippen molar-refractivity contribution in [1.29, 1.82) is 0 Å². The van der Waals surface area contributed by atoms with Crippen LogP contribution in [0.5, 0.6) is 0 Å². The molecule has 0 unspecified atom stereocenters. The Morgan fingerprint density at radius 2 is 1.96 bits per heavy atom. The van der Waals surface area contributed by atoms with Crippen molar-refractivity contribution in [3.05, 3.63) is 75.3 Å². The molecular formula is C18H15BrFN5O2. The van der Waals surface area contributed by atoms with Crippen LogP contribution in [0.4, 0.5) is 33.1 Å². The minimum Gasteiger partial charge on any atom is -0.332 e. The first-order chi connectivity index (χ1) is 13.0. The summed E-state index contributed by atoms with van der Waals surface area (Å²) in [5, 5.41) is 14.5. The van der Waals surface area contributed by atoms with E-state index in [0.717, 1.165) is 5.69 Å². The molecule has 2 aromatic carbocycles. The van der Waals surface area contributed by atoms with Gasteiger partial charge < -0.3 is 10.2 Å². The average molecular weight is 432 g/mol. The number of halogens is 2. The molecule has 0 aliphatic heterocycles. The number of benzene rings is 2. The van der Waals surface area contributed by atoms with Crippen LogP contribution >= 0.6 is 15.9 Å². The van der Waals surface area contributed by atoms with Gasteiger partial charge in [0.2, 0.25) is 11.6 Å². The second-order valence-corrected chi connectivity index (χ2v) is 6.40. The van der Waals surface area contributed by atoms with Gasteiger partial charge >= 0.3 is 5.69 Å². The summed E-state index contributed by atoms with van der Waals surface area (Å²) in [6.07, 6.45) is 1.22. The Labute approximate surface area is 163 Å². The molecule has 0 aliphatic rings. The second kappa shape index (κ2) is 8.09. The third kappa shape index (κ3) is 4.03. The highest BCUT2D eigenvalue weighted by molar-refractivity contribution is 9.10. The molecule has 1 aromatic heterocycles. The summed E-state index contributed by atoms with van der Waals surface area (Å²) in [6, 6.07) is 13.5. The maximum Gasteiger partial charge on any atom is 0.354 e. The molecule has 9 heteroatoms. The normalized spacial score (nSPS) is 10.5. The van der Waals surface area contributed by atoms with Gasteiger partial charge in [-0.1, -0.05) is 34.1 Å². The number of rotatable bonds is 6. The lowest BCUT2D eigenvalue weighted by molar-refractivity contribution is -0.383. The molecular weight excluding hydrogens is 417 g/mol. The van der Waals surface area contributed by atoms with Gasteiger partial charge in [-0.05, 0) is 37.3 Å². The number of nitrogens with one attached hydrogen (secondary N) is 1. The molecule has 0 fully saturated rings. The fourth-order valence-corrected chi connectivity index (χ4v) is 2.94. The maximum absolute atomic E-state index is 14.1. The van der Waals surface area contributed by atoms with Crippen molar-refractivity contribution in [2.75, 3.05) is 16.8 Å². The van der Waals surface area contributed by atoms with E-state index in [1.54, 1.807) is 11.0 Å². The first kappa shape index (κ1) is 18.7. The van der Waals surface area contributed by atoms with Gasteiger partial charge in [0.15, 0.2) is 0 Å². The third-order valence-electron chi connectivity index (χ3n) is 3.81. The zero-order valence-corrected chi connectivity index (χ0v) is 15.9. The molecule has 0 radical (unpaired) electrons. The van der Waals surface area contributed by atoms with Gasteiger partial charge in [-0.2, -0.15) is 0 Å². The largest absolute Gasteiger partial charge is 0.354 e. The van der Waals surface area contributed by atoms with Gasteiger partial charge in [0, 0.05) is 16.7 Å². The Morgan fingerprint density at radius 1 is 1.22 bits per heavy atom. The van der Waals surface area contributed by atoms with Crippen molar-refractivity contribution in [2.24, 2.45) is 0 Å². The van der Waals surface area contributed by atoms with Crippen molar-refractivity contribution >= 4 is 44.6 Å². The Bertz CT molecular complexity index is 971. The summed E-state index contributed by atoms with van der Waals surface area (Å²) in [5.74, 6) is -0.515. The molecule has 3 rings (SSSR count). The Morgan fingerprint density at radius 3 is 2.59 bits per heavy atom. The lowest BCUT2D eigenvalue weighted by Crippen LogP contribution is -2.19. The van der Waals surface area contributed by atoms with Crippen LogP contribution in [0, 0.1) is 15.9 Å². The standard InChI is InChI=1S/C18H15BrFN5O2/c1-2-24(13-6-4-3-5-7-13)18-16(25(26)27)17(21-11-22-18)23-15-9-8-12(19)10-14(15)20/h3-11H,2H2,1H3,(H,21,22,23). The monoisotopic (exact) mass is 431 g/mol. The summed E-state index contributed by atoms with van der Waals surface area (Å²) in [6.45, 7) is 2.31. The van der Waals surface area contributed by atoms with Crippen LogP contribution in [-0.4, -0.2) is 21.4 Å². The van der Waals surface area contributed by atoms with E-state index in [4.69, 9.17) is 0 Å². The summed E-state index contributed by atoms with van der Waals surface area (Å²) in [7, 11) is 0. The molecule has 27 heavy (non-hydrogen) atoms. The minimum absolute atomic E-state index is 0.0775. The van der Waals surface area contributed by atoms with Crippen molar-refractivity contribution in [2.45, 2.75) is 6.92 Å². The number of anilines is 4. The second-order valence-electron chi connectivity index (χ2n) is 5.48. The summed E-state index contributed by atoms with van der Waals surface area (Å²) in [4.78, 5) is 21.0. The zero-order valence-electron chi connectivity index (χ0n) is 14.3. The lowest BCUT2D eigenvalue weighted by Gasteiger charge is -2.22. The molecule has 138 valence electrons. The predicted molar refractivity (Wildman–Crippen MR) is 105 cm³/mol. The molecule has 0 saturated carbocycles. The van der Waals surface area contributed by atoms with Crippen molar-refractivity contribution < 1.29 is 9.31 Å². The smallest absolute Gasteiger partial charge is 0.332 e. The average Bonchev–Trinajstić information content (AvgIpc) is 2.65. The van der Waals surface area contributed by atoms with Crippen molar-refractivity contribution in [3.8, 4) is 0 Å². The summed E-state index contributed by atoms with van der Waals surface area (Å²) in [5.41, 5.74) is 0.502. The number of nitro groups is 1. The highest BCUT2D eigenvalue weighted by Crippen LogP contribution is 2.37. The SMILES string of the molecule is CCN(c1ccccc1)c1ncnc(Nc2ccc(Br)cc2F)c1[N+](=O)[O-]. The van der Waals surface area contributed by atoms with Gasteiger partial charge in [-0.3, -0.25) is 10.1 Å². The van der Waals surface area contributed by atoms with Crippen LogP contribution in [0.3, 0.4) is 0 Å². The van der Waals surface area contributed by atoms with E-state index in [1.807, 2.05) is 37.3 Å². The summed E-state index contributed by atoms with van der Waals surface area (Å²) < 4.78 is 14.7. The first-order valence-electron chi connectivity index (χ1n) is 8.05. The fraction of sp³-hybridized carbons (Fsp3) is 0.111. The predicted octanol–water partition coefficient (Wildman–Crippen LogP) is 5.19. The van der Waals surface area contributed by atoms with E-state index in [0.29, 0.717) is 11.0 Å². The van der Waals surface area contributed by atoms with Crippen LogP contribution < -0.4 is 10.2 Å². The van der Waals surface area contributed by atoms with Crippen LogP contribution in [-0.2, 0) is 0 Å². The van der Waals surface area contributed by atoms with Crippen LogP contribution in [0.25, 0.3) is 0 Å². The van der Waals surface area contributed by atoms with Crippen molar-refractivity contribution in [1.82, 2.24) is 9.97 Å². The quantitative estimate of drug-likeness (QED) is 0.427. The summed E-state index contributed by atoms with van der Waals surface area (Å²) >= 11 is 3.18. The molecule has 1 N–H and O–H groups in total. The number of para-hydroxylation sites is 1. The van der Waals surface area contributed by atoms with E-state index >= 15 is 0 Å². The first-order valence-corrected chi connectivity index (χ1v) is 8.84. The topological polar surface area (TPSA) is 84.2 Å². The van der Waals surface area contributed by atoms with E-state index in [2.05, 4.69) is 31.2 Å². The van der Waals surface area contributed by atoms with E-state index in [-0.39, 0.29) is 23.0 Å². The Hall–Kier alpha value is -3.07. The Balaban J connectivity index is 2.08. The lowest BCUT2D eigenvalue weighted by atomic mass is 10.2. The van der Waals surface area contributed by atoms with Crippen LogP contribution in [0.2, 0.25) is 0 Å². The molecule has 3 aromatic rings. The molecule has 0 saturated heterocycles. The molecule has 0 spiro atoms. The Kier molecular flexibility index (Phi) is 5.60. The molecule has 0 bridgehead atoms. The number of nitrogens with zero attached hydrogens (tertiary/aromatic N) is 4. The van der Waals surface area contributed by atoms with Gasteiger partial charge in [0.25, 0.3) is 0 Å². The minimum atomic E-state index is -0.569. The van der Waals surface area contributed by atoms with E-state index < -0.39 is 10.7 Å². The highest BCUT2D eigenvalue weighted by Gasteiger charge is 2.27. The van der Waals surface area contributed by atoms with Gasteiger partial charge in [-0.15, -0.1) is 0 Å². The number of hydrogen-bond donors (Lipinski definition) is 1.